The summed E-state index contributed by atoms with van der Waals surface area (Å²) in [6, 6.07) is 0. The molecular formula is C17H34O5. The Hall–Kier alpha value is -0.650. The van der Waals surface area contributed by atoms with Gasteiger partial charge in [-0.1, -0.05) is 40.0 Å². The fraction of sp³-hybridized carbons (Fsp3) is 0.941. The standard InChI is InChI=1S/C17H34O5/c1-4-6-7-8-17(18)22-14-13-20-10-9-19-11-12-21-15-16(3)5-2/h16H,4-15H2,1-3H3. The highest BCUT2D eigenvalue weighted by atomic mass is 16.6. The lowest BCUT2D eigenvalue weighted by Gasteiger charge is -2.10. The first-order chi connectivity index (χ1) is 10.7. The Morgan fingerprint density at radius 1 is 0.864 bits per heavy atom. The molecule has 0 amide bonds. The molecule has 0 aliphatic heterocycles. The van der Waals surface area contributed by atoms with Crippen LogP contribution in [-0.4, -0.2) is 52.2 Å². The third-order valence-corrected chi connectivity index (χ3v) is 3.32. The summed E-state index contributed by atoms with van der Waals surface area (Å²) in [5.74, 6) is 0.472. The van der Waals surface area contributed by atoms with Gasteiger partial charge in [0.1, 0.15) is 6.61 Å². The fourth-order valence-electron chi connectivity index (χ4n) is 1.65. The molecule has 0 heterocycles. The Kier molecular flexibility index (Phi) is 16.2. The minimum Gasteiger partial charge on any atom is -0.463 e. The number of unbranched alkanes of at least 4 members (excludes halogenated alkanes) is 2. The highest BCUT2D eigenvalue weighted by molar-refractivity contribution is 5.69. The molecule has 132 valence electrons. The van der Waals surface area contributed by atoms with Gasteiger partial charge in [-0.3, -0.25) is 4.79 Å². The Morgan fingerprint density at radius 3 is 2.05 bits per heavy atom. The van der Waals surface area contributed by atoms with Crippen molar-refractivity contribution in [3.63, 3.8) is 0 Å². The van der Waals surface area contributed by atoms with Gasteiger partial charge in [0.05, 0.1) is 33.0 Å². The number of carbonyl (C=O) groups excluding carboxylic acids is 1. The first kappa shape index (κ1) is 21.4. The molecule has 0 aromatic rings. The number of hydrogen-bond acceptors (Lipinski definition) is 5. The maximum absolute atomic E-state index is 11.3. The first-order valence-corrected chi connectivity index (χ1v) is 8.59. The average Bonchev–Trinajstić information content (AvgIpc) is 2.52. The van der Waals surface area contributed by atoms with Crippen LogP contribution in [0.25, 0.3) is 0 Å². The third-order valence-electron chi connectivity index (χ3n) is 3.32. The van der Waals surface area contributed by atoms with Crippen molar-refractivity contribution in [2.45, 2.75) is 52.9 Å². The predicted octanol–water partition coefficient (Wildman–Crippen LogP) is 3.21. The topological polar surface area (TPSA) is 54.0 Å². The molecule has 0 rings (SSSR count). The van der Waals surface area contributed by atoms with E-state index in [4.69, 9.17) is 18.9 Å². The Labute approximate surface area is 135 Å². The van der Waals surface area contributed by atoms with Crippen molar-refractivity contribution in [2.75, 3.05) is 46.2 Å². The molecule has 0 aromatic heterocycles. The molecule has 5 heteroatoms. The second kappa shape index (κ2) is 16.7. The average molecular weight is 318 g/mol. The van der Waals surface area contributed by atoms with E-state index in [1.807, 2.05) is 0 Å². The van der Waals surface area contributed by atoms with Gasteiger partial charge in [-0.2, -0.15) is 0 Å². The normalized spacial score (nSPS) is 12.3. The highest BCUT2D eigenvalue weighted by Gasteiger charge is 2.01. The van der Waals surface area contributed by atoms with E-state index in [1.54, 1.807) is 0 Å². The molecule has 1 unspecified atom stereocenters. The van der Waals surface area contributed by atoms with Crippen molar-refractivity contribution < 1.29 is 23.7 Å². The molecule has 0 N–H and O–H groups in total. The minimum atomic E-state index is -0.133. The minimum absolute atomic E-state index is 0.133. The van der Waals surface area contributed by atoms with E-state index in [0.29, 0.717) is 52.0 Å². The molecule has 0 fully saturated rings. The molecule has 0 aliphatic carbocycles. The van der Waals surface area contributed by atoms with E-state index in [-0.39, 0.29) is 5.97 Å². The van der Waals surface area contributed by atoms with Crippen LogP contribution in [-0.2, 0) is 23.7 Å². The van der Waals surface area contributed by atoms with Crippen LogP contribution in [0.5, 0.6) is 0 Å². The predicted molar refractivity (Wildman–Crippen MR) is 87.0 cm³/mol. The van der Waals surface area contributed by atoms with E-state index >= 15 is 0 Å². The van der Waals surface area contributed by atoms with Gasteiger partial charge in [0.2, 0.25) is 0 Å². The maximum Gasteiger partial charge on any atom is 0.305 e. The van der Waals surface area contributed by atoms with Crippen LogP contribution >= 0.6 is 0 Å². The van der Waals surface area contributed by atoms with Gasteiger partial charge in [0, 0.05) is 13.0 Å². The second-order valence-electron chi connectivity index (χ2n) is 5.49. The number of rotatable bonds is 16. The summed E-state index contributed by atoms with van der Waals surface area (Å²) in [6.45, 7) is 10.2. The van der Waals surface area contributed by atoms with Crippen LogP contribution in [0.15, 0.2) is 0 Å². The maximum atomic E-state index is 11.3. The van der Waals surface area contributed by atoms with E-state index in [1.165, 1.54) is 0 Å². The zero-order chi connectivity index (χ0) is 16.5. The molecule has 0 spiro atoms. The van der Waals surface area contributed by atoms with Crippen molar-refractivity contribution in [1.29, 1.82) is 0 Å². The van der Waals surface area contributed by atoms with Crippen LogP contribution in [0, 0.1) is 5.92 Å². The van der Waals surface area contributed by atoms with Crippen molar-refractivity contribution in [2.24, 2.45) is 5.92 Å². The number of ether oxygens (including phenoxy) is 4. The van der Waals surface area contributed by atoms with E-state index in [9.17, 15) is 4.79 Å². The van der Waals surface area contributed by atoms with Crippen LogP contribution < -0.4 is 0 Å². The van der Waals surface area contributed by atoms with Crippen molar-refractivity contribution >= 4 is 5.97 Å². The molecule has 0 aliphatic rings. The SMILES string of the molecule is CCCCCC(=O)OCCOCCOCCOCC(C)CC. The van der Waals surface area contributed by atoms with E-state index < -0.39 is 0 Å². The quantitative estimate of drug-likeness (QED) is 0.323. The molecule has 1 atom stereocenters. The monoisotopic (exact) mass is 318 g/mol. The lowest BCUT2D eigenvalue weighted by molar-refractivity contribution is -0.145. The van der Waals surface area contributed by atoms with Crippen molar-refractivity contribution in [3.05, 3.63) is 0 Å². The van der Waals surface area contributed by atoms with Crippen LogP contribution in [0.4, 0.5) is 0 Å². The summed E-state index contributed by atoms with van der Waals surface area (Å²) in [6.07, 6.45) is 4.73. The van der Waals surface area contributed by atoms with E-state index in [2.05, 4.69) is 20.8 Å². The van der Waals surface area contributed by atoms with Gasteiger partial charge in [0.15, 0.2) is 0 Å². The molecule has 0 aromatic carbocycles. The Balaban J connectivity index is 3.12. The summed E-state index contributed by atoms with van der Waals surface area (Å²) in [4.78, 5) is 11.3. The van der Waals surface area contributed by atoms with Gasteiger partial charge in [0.25, 0.3) is 0 Å². The first-order valence-electron chi connectivity index (χ1n) is 8.59. The molecule has 22 heavy (non-hydrogen) atoms. The Bertz CT molecular complexity index is 245. The largest absolute Gasteiger partial charge is 0.463 e. The number of esters is 1. The molecular weight excluding hydrogens is 284 g/mol. The van der Waals surface area contributed by atoms with Crippen LogP contribution in [0.1, 0.15) is 52.9 Å². The van der Waals surface area contributed by atoms with Gasteiger partial charge in [-0.25, -0.2) is 0 Å². The summed E-state index contributed by atoms with van der Waals surface area (Å²) in [5.41, 5.74) is 0. The highest BCUT2D eigenvalue weighted by Crippen LogP contribution is 2.01. The zero-order valence-electron chi connectivity index (χ0n) is 14.6. The van der Waals surface area contributed by atoms with Gasteiger partial charge < -0.3 is 18.9 Å². The lowest BCUT2D eigenvalue weighted by atomic mass is 10.1. The molecule has 5 nitrogen and oxygen atoms in total. The Morgan fingerprint density at radius 2 is 1.45 bits per heavy atom. The summed E-state index contributed by atoms with van der Waals surface area (Å²) < 4.78 is 21.2. The second-order valence-corrected chi connectivity index (χ2v) is 5.49. The summed E-state index contributed by atoms with van der Waals surface area (Å²) >= 11 is 0. The fourth-order valence-corrected chi connectivity index (χ4v) is 1.65. The zero-order valence-corrected chi connectivity index (χ0v) is 14.6. The van der Waals surface area contributed by atoms with Gasteiger partial charge in [-0.15, -0.1) is 0 Å². The molecule has 0 radical (unpaired) electrons. The van der Waals surface area contributed by atoms with Crippen molar-refractivity contribution in [1.82, 2.24) is 0 Å². The molecule has 0 bridgehead atoms. The number of carbonyl (C=O) groups is 1. The van der Waals surface area contributed by atoms with Crippen molar-refractivity contribution in [3.8, 4) is 0 Å². The smallest absolute Gasteiger partial charge is 0.305 e. The molecule has 0 saturated carbocycles. The van der Waals surface area contributed by atoms with E-state index in [0.717, 1.165) is 32.3 Å². The lowest BCUT2D eigenvalue weighted by Crippen LogP contribution is -2.14. The third kappa shape index (κ3) is 15.7. The van der Waals surface area contributed by atoms with Crippen LogP contribution in [0.2, 0.25) is 0 Å². The van der Waals surface area contributed by atoms with Gasteiger partial charge in [-0.05, 0) is 12.3 Å². The summed E-state index contributed by atoms with van der Waals surface area (Å²) in [7, 11) is 0. The van der Waals surface area contributed by atoms with Gasteiger partial charge >= 0.3 is 5.97 Å². The van der Waals surface area contributed by atoms with Crippen LogP contribution in [0.3, 0.4) is 0 Å². The number of hydrogen-bond donors (Lipinski definition) is 0. The summed E-state index contributed by atoms with van der Waals surface area (Å²) in [5, 5.41) is 0. The molecule has 0 saturated heterocycles.